The van der Waals surface area contributed by atoms with Gasteiger partial charge in [-0.05, 0) is 60.7 Å². The molecule has 1 fully saturated rings. The standard InChI is InChI=1S/C30H29N3O3/c1-22-31-19-25(20-32-22)24-7-9-26(10-8-24)30(15-17-35-18-16-30)29(34)33-27-11-13-28(14-12-27)36-21-23-5-3-2-4-6-23/h2-14,19-20H,15-18,21H2,1H3,(H,33,34). The highest BCUT2D eigenvalue weighted by molar-refractivity contribution is 5.99. The van der Waals surface area contributed by atoms with Crippen molar-refractivity contribution in [2.75, 3.05) is 18.5 Å². The van der Waals surface area contributed by atoms with E-state index in [1.165, 1.54) is 0 Å². The molecule has 0 spiro atoms. The van der Waals surface area contributed by atoms with Crippen molar-refractivity contribution in [1.29, 1.82) is 0 Å². The fourth-order valence-corrected chi connectivity index (χ4v) is 4.52. The maximum atomic E-state index is 13.7. The summed E-state index contributed by atoms with van der Waals surface area (Å²) in [6, 6.07) is 25.7. The molecular formula is C30H29N3O3. The van der Waals surface area contributed by atoms with Crippen molar-refractivity contribution < 1.29 is 14.3 Å². The van der Waals surface area contributed by atoms with Gasteiger partial charge >= 0.3 is 0 Å². The molecule has 1 aromatic heterocycles. The van der Waals surface area contributed by atoms with Crippen LogP contribution in [0, 0.1) is 6.92 Å². The Bertz CT molecular complexity index is 1280. The summed E-state index contributed by atoms with van der Waals surface area (Å²) in [6.07, 6.45) is 4.90. The number of carbonyl (C=O) groups is 1. The largest absolute Gasteiger partial charge is 0.489 e. The molecule has 6 nitrogen and oxygen atoms in total. The Balaban J connectivity index is 1.30. The van der Waals surface area contributed by atoms with E-state index in [1.54, 1.807) is 0 Å². The number of nitrogens with one attached hydrogen (secondary N) is 1. The third-order valence-electron chi connectivity index (χ3n) is 6.69. The van der Waals surface area contributed by atoms with Gasteiger partial charge in [-0.1, -0.05) is 54.6 Å². The molecule has 0 bridgehead atoms. The van der Waals surface area contributed by atoms with Crippen LogP contribution in [0.4, 0.5) is 5.69 Å². The van der Waals surface area contributed by atoms with Gasteiger partial charge in [0.15, 0.2) is 0 Å². The minimum atomic E-state index is -0.650. The van der Waals surface area contributed by atoms with Crippen LogP contribution in [-0.2, 0) is 21.6 Å². The summed E-state index contributed by atoms with van der Waals surface area (Å²) in [4.78, 5) is 22.2. The van der Waals surface area contributed by atoms with Gasteiger partial charge in [0.1, 0.15) is 18.2 Å². The fraction of sp³-hybridized carbons (Fsp3) is 0.233. The second-order valence-corrected chi connectivity index (χ2v) is 9.04. The summed E-state index contributed by atoms with van der Waals surface area (Å²) in [5, 5.41) is 3.13. The second kappa shape index (κ2) is 10.7. The molecule has 182 valence electrons. The van der Waals surface area contributed by atoms with Gasteiger partial charge in [-0.25, -0.2) is 9.97 Å². The van der Waals surface area contributed by atoms with Crippen LogP contribution in [0.3, 0.4) is 0 Å². The van der Waals surface area contributed by atoms with Gasteiger partial charge in [0.25, 0.3) is 0 Å². The predicted octanol–water partition coefficient (Wildman–Crippen LogP) is 5.72. The van der Waals surface area contributed by atoms with E-state index in [0.717, 1.165) is 39.5 Å². The summed E-state index contributed by atoms with van der Waals surface area (Å²) in [6.45, 7) is 3.46. The van der Waals surface area contributed by atoms with Crippen LogP contribution >= 0.6 is 0 Å². The minimum Gasteiger partial charge on any atom is -0.489 e. The van der Waals surface area contributed by atoms with Gasteiger partial charge in [0.2, 0.25) is 5.91 Å². The third-order valence-corrected chi connectivity index (χ3v) is 6.69. The lowest BCUT2D eigenvalue weighted by Crippen LogP contribution is -2.44. The number of aromatic nitrogens is 2. The molecule has 0 unspecified atom stereocenters. The lowest BCUT2D eigenvalue weighted by molar-refractivity contribution is -0.125. The van der Waals surface area contributed by atoms with E-state index >= 15 is 0 Å². The average molecular weight is 480 g/mol. The zero-order chi connectivity index (χ0) is 24.8. The molecular weight excluding hydrogens is 450 g/mol. The number of rotatable bonds is 7. The van der Waals surface area contributed by atoms with E-state index in [9.17, 15) is 4.79 Å². The van der Waals surface area contributed by atoms with Gasteiger partial charge in [0, 0.05) is 36.9 Å². The fourth-order valence-electron chi connectivity index (χ4n) is 4.52. The predicted molar refractivity (Wildman–Crippen MR) is 140 cm³/mol. The Kier molecular flexibility index (Phi) is 7.05. The molecule has 2 heterocycles. The molecule has 0 atom stereocenters. The number of carbonyl (C=O) groups excluding carboxylic acids is 1. The minimum absolute atomic E-state index is 0.0184. The highest BCUT2D eigenvalue weighted by atomic mass is 16.5. The third kappa shape index (κ3) is 5.29. The summed E-state index contributed by atoms with van der Waals surface area (Å²) in [7, 11) is 0. The summed E-state index contributed by atoms with van der Waals surface area (Å²) in [5.74, 6) is 1.48. The first-order valence-corrected chi connectivity index (χ1v) is 12.2. The zero-order valence-electron chi connectivity index (χ0n) is 20.3. The van der Waals surface area contributed by atoms with Gasteiger partial charge in [-0.15, -0.1) is 0 Å². The zero-order valence-corrected chi connectivity index (χ0v) is 20.3. The number of anilines is 1. The van der Waals surface area contributed by atoms with Crippen molar-refractivity contribution in [1.82, 2.24) is 9.97 Å². The molecule has 1 saturated heterocycles. The molecule has 36 heavy (non-hydrogen) atoms. The molecule has 1 aliphatic rings. The van der Waals surface area contributed by atoms with Crippen molar-refractivity contribution in [3.05, 3.63) is 108 Å². The summed E-state index contributed by atoms with van der Waals surface area (Å²) >= 11 is 0. The average Bonchev–Trinajstić information content (AvgIpc) is 2.94. The Hall–Kier alpha value is -4.03. The molecule has 0 saturated carbocycles. The number of nitrogens with zero attached hydrogens (tertiary/aromatic N) is 2. The van der Waals surface area contributed by atoms with Crippen molar-refractivity contribution in [2.24, 2.45) is 0 Å². The quantitative estimate of drug-likeness (QED) is 0.367. The normalized spacial score (nSPS) is 14.7. The van der Waals surface area contributed by atoms with Crippen LogP contribution in [-0.4, -0.2) is 29.1 Å². The van der Waals surface area contributed by atoms with Crippen LogP contribution in [0.1, 0.15) is 29.8 Å². The first-order chi connectivity index (χ1) is 17.6. The molecule has 0 radical (unpaired) electrons. The Morgan fingerprint density at radius 1 is 0.889 bits per heavy atom. The van der Waals surface area contributed by atoms with E-state index in [4.69, 9.17) is 9.47 Å². The molecule has 4 aromatic rings. The van der Waals surface area contributed by atoms with Crippen LogP contribution in [0.25, 0.3) is 11.1 Å². The summed E-state index contributed by atoms with van der Waals surface area (Å²) < 4.78 is 11.5. The van der Waals surface area contributed by atoms with Gasteiger partial charge in [-0.3, -0.25) is 4.79 Å². The van der Waals surface area contributed by atoms with E-state index < -0.39 is 5.41 Å². The number of hydrogen-bond donors (Lipinski definition) is 1. The van der Waals surface area contributed by atoms with Gasteiger partial charge in [0.05, 0.1) is 5.41 Å². The van der Waals surface area contributed by atoms with Crippen molar-refractivity contribution >= 4 is 11.6 Å². The number of hydrogen-bond acceptors (Lipinski definition) is 5. The highest BCUT2D eigenvalue weighted by Crippen LogP contribution is 2.37. The maximum absolute atomic E-state index is 13.7. The lowest BCUT2D eigenvalue weighted by atomic mass is 9.73. The van der Waals surface area contributed by atoms with Crippen molar-refractivity contribution in [2.45, 2.75) is 31.8 Å². The second-order valence-electron chi connectivity index (χ2n) is 9.04. The number of ether oxygens (including phenoxy) is 2. The van der Waals surface area contributed by atoms with E-state index in [1.807, 2.05) is 98.2 Å². The van der Waals surface area contributed by atoms with Crippen LogP contribution in [0.2, 0.25) is 0 Å². The Labute approximate surface area is 211 Å². The number of amides is 1. The molecule has 1 amide bonds. The lowest BCUT2D eigenvalue weighted by Gasteiger charge is -2.36. The van der Waals surface area contributed by atoms with E-state index in [2.05, 4.69) is 15.3 Å². The first kappa shape index (κ1) is 23.7. The maximum Gasteiger partial charge on any atom is 0.235 e. The monoisotopic (exact) mass is 479 g/mol. The molecule has 5 rings (SSSR count). The first-order valence-electron chi connectivity index (χ1n) is 12.2. The molecule has 6 heteroatoms. The number of aryl methyl sites for hydroxylation is 1. The molecule has 0 aliphatic carbocycles. The van der Waals surface area contributed by atoms with Crippen LogP contribution in [0.15, 0.2) is 91.3 Å². The topological polar surface area (TPSA) is 73.3 Å². The molecule has 1 aliphatic heterocycles. The van der Waals surface area contributed by atoms with Crippen molar-refractivity contribution in [3.8, 4) is 16.9 Å². The van der Waals surface area contributed by atoms with Crippen molar-refractivity contribution in [3.63, 3.8) is 0 Å². The smallest absolute Gasteiger partial charge is 0.235 e. The molecule has 3 aromatic carbocycles. The van der Waals surface area contributed by atoms with Crippen LogP contribution in [0.5, 0.6) is 5.75 Å². The van der Waals surface area contributed by atoms with Crippen LogP contribution < -0.4 is 10.1 Å². The van der Waals surface area contributed by atoms with E-state index in [0.29, 0.717) is 32.7 Å². The SMILES string of the molecule is Cc1ncc(-c2ccc(C3(C(=O)Nc4ccc(OCc5ccccc5)cc4)CCOCC3)cc2)cn1. The highest BCUT2D eigenvalue weighted by Gasteiger charge is 2.41. The Morgan fingerprint density at radius 3 is 2.22 bits per heavy atom. The molecule has 1 N–H and O–H groups in total. The Morgan fingerprint density at radius 2 is 1.56 bits per heavy atom. The summed E-state index contributed by atoms with van der Waals surface area (Å²) in [5.41, 5.74) is 4.16. The van der Waals surface area contributed by atoms with E-state index in [-0.39, 0.29) is 5.91 Å². The number of benzene rings is 3. The van der Waals surface area contributed by atoms with Gasteiger partial charge < -0.3 is 14.8 Å². The van der Waals surface area contributed by atoms with Gasteiger partial charge in [-0.2, -0.15) is 0 Å².